The molecule has 0 fully saturated rings. The molecule has 62 heavy (non-hydrogen) atoms. The minimum absolute atomic E-state index is 0.00207. The van der Waals surface area contributed by atoms with Crippen molar-refractivity contribution in [3.8, 4) is 0 Å². The van der Waals surface area contributed by atoms with Gasteiger partial charge in [-0.1, -0.05) is 55.4 Å². The zero-order valence-corrected chi connectivity index (χ0v) is 37.4. The van der Waals surface area contributed by atoms with Crippen molar-refractivity contribution in [2.75, 3.05) is 19.6 Å². The fourth-order valence-corrected chi connectivity index (χ4v) is 5.85. The largest absolute Gasteiger partial charge is 0.480 e. The number of guanidine groups is 3. The van der Waals surface area contributed by atoms with Gasteiger partial charge in [0.05, 0.1) is 6.04 Å². The highest BCUT2D eigenvalue weighted by Crippen LogP contribution is 2.12. The van der Waals surface area contributed by atoms with Crippen LogP contribution in [0.1, 0.15) is 93.9 Å². The molecule has 0 aliphatic rings. The number of nitrogens with two attached hydrogens (primary N) is 7. The van der Waals surface area contributed by atoms with Gasteiger partial charge in [-0.05, 0) is 62.2 Å². The molecule has 0 spiro atoms. The van der Waals surface area contributed by atoms with E-state index in [1.54, 1.807) is 55.4 Å². The quantitative estimate of drug-likeness (QED) is 0.0194. The number of hydrogen-bond acceptors (Lipinski definition) is 11. The molecule has 0 aliphatic heterocycles. The van der Waals surface area contributed by atoms with E-state index in [9.17, 15) is 38.7 Å². The molecule has 0 aromatic rings. The first kappa shape index (κ1) is 56.1. The van der Waals surface area contributed by atoms with Crippen LogP contribution in [0.2, 0.25) is 0 Å². The molecule has 24 nitrogen and oxygen atoms in total. The number of carboxylic acid groups (broad SMARTS) is 1. The Morgan fingerprint density at radius 2 is 0.694 bits per heavy atom. The summed E-state index contributed by atoms with van der Waals surface area (Å²) in [6.07, 6.45) is 1.13. The molecule has 0 saturated carbocycles. The molecule has 0 bridgehead atoms. The molecule has 24 heteroatoms. The van der Waals surface area contributed by atoms with Crippen LogP contribution < -0.4 is 72.0 Å². The second-order valence-corrected chi connectivity index (χ2v) is 16.3. The average molecular weight is 883 g/mol. The van der Waals surface area contributed by atoms with E-state index in [0.29, 0.717) is 6.42 Å². The molecule has 6 amide bonds. The first-order valence-electron chi connectivity index (χ1n) is 20.8. The number of hydrogen-bond donors (Lipinski definition) is 14. The Kier molecular flexibility index (Phi) is 25.8. The molecule has 0 aromatic heterocycles. The number of amides is 6. The summed E-state index contributed by atoms with van der Waals surface area (Å²) in [4.78, 5) is 105. The van der Waals surface area contributed by atoms with Gasteiger partial charge in [0.25, 0.3) is 0 Å². The first-order chi connectivity index (χ1) is 28.8. The van der Waals surface area contributed by atoms with Crippen molar-refractivity contribution in [1.82, 2.24) is 31.9 Å². The van der Waals surface area contributed by atoms with E-state index >= 15 is 0 Å². The van der Waals surface area contributed by atoms with Crippen LogP contribution >= 0.6 is 0 Å². The lowest BCUT2D eigenvalue weighted by Crippen LogP contribution is -2.62. The lowest BCUT2D eigenvalue weighted by Gasteiger charge is -2.30. The summed E-state index contributed by atoms with van der Waals surface area (Å²) in [5.41, 5.74) is 38.3. The highest BCUT2D eigenvalue weighted by molar-refractivity contribution is 5.97. The third kappa shape index (κ3) is 22.1. The van der Waals surface area contributed by atoms with Crippen molar-refractivity contribution >= 4 is 59.3 Å². The zero-order valence-electron chi connectivity index (χ0n) is 37.4. The third-order valence-corrected chi connectivity index (χ3v) is 9.43. The normalized spacial score (nSPS) is 14.5. The number of nitrogens with zero attached hydrogens (tertiary/aromatic N) is 3. The second-order valence-electron chi connectivity index (χ2n) is 16.3. The molecule has 354 valence electrons. The minimum Gasteiger partial charge on any atom is -0.480 e. The predicted molar refractivity (Wildman–Crippen MR) is 236 cm³/mol. The van der Waals surface area contributed by atoms with Gasteiger partial charge in [0.1, 0.15) is 36.3 Å². The summed E-state index contributed by atoms with van der Waals surface area (Å²) in [5, 5.41) is 25.5. The monoisotopic (exact) mass is 883 g/mol. The number of carbonyl (C=O) groups excluding carboxylic acids is 6. The van der Waals surface area contributed by atoms with Gasteiger partial charge in [-0.25, -0.2) is 4.79 Å². The molecule has 21 N–H and O–H groups in total. The van der Waals surface area contributed by atoms with Crippen molar-refractivity contribution in [1.29, 1.82) is 0 Å². The predicted octanol–water partition coefficient (Wildman–Crippen LogP) is -3.91. The number of carboxylic acids is 1. The summed E-state index contributed by atoms with van der Waals surface area (Å²) in [6.45, 7) is 13.9. The fraction of sp³-hybridized carbons (Fsp3) is 0.737. The Balaban J connectivity index is 6.24. The number of carbonyl (C=O) groups is 7. The lowest BCUT2D eigenvalue weighted by molar-refractivity contribution is -0.143. The zero-order chi connectivity index (χ0) is 47.9. The topological polar surface area (TPSA) is 431 Å². The van der Waals surface area contributed by atoms with Crippen LogP contribution in [0.25, 0.3) is 0 Å². The Bertz CT molecular complexity index is 1570. The van der Waals surface area contributed by atoms with Gasteiger partial charge >= 0.3 is 5.97 Å². The maximum atomic E-state index is 14.0. The number of aliphatic carboxylic acids is 1. The SMILES string of the molecule is CC(C)[C@H](NC(=O)[C@H](CCCN=C(N)N)NC(=O)[C@@H](NC(=O)[C@@H](NC(=O)[C@@H](N)CCCN=C(N)N)C(C)C)C(C)C)C(=O)N[C@H](C(=O)N[C@@H](CCCN=C(N)N)C(=O)O)C(C)C. The van der Waals surface area contributed by atoms with Gasteiger partial charge in [0.15, 0.2) is 17.9 Å². The summed E-state index contributed by atoms with van der Waals surface area (Å²) in [6, 6.07) is -8.21. The number of nitrogens with one attached hydrogen (secondary N) is 6. The van der Waals surface area contributed by atoms with E-state index < -0.39 is 107 Å². The van der Waals surface area contributed by atoms with Gasteiger partial charge in [0.2, 0.25) is 35.4 Å². The minimum atomic E-state index is -1.30. The van der Waals surface area contributed by atoms with Crippen molar-refractivity contribution in [2.45, 2.75) is 136 Å². The molecule has 0 aliphatic carbocycles. The maximum Gasteiger partial charge on any atom is 0.326 e. The molecule has 0 radical (unpaired) electrons. The smallest absolute Gasteiger partial charge is 0.326 e. The number of rotatable bonds is 29. The lowest BCUT2D eigenvalue weighted by atomic mass is 9.98. The fourth-order valence-electron chi connectivity index (χ4n) is 5.85. The van der Waals surface area contributed by atoms with Crippen LogP contribution in [-0.2, 0) is 33.6 Å². The Hall–Kier alpha value is -5.94. The average Bonchev–Trinajstić information content (AvgIpc) is 3.16. The van der Waals surface area contributed by atoms with E-state index in [4.69, 9.17) is 40.1 Å². The van der Waals surface area contributed by atoms with E-state index in [2.05, 4.69) is 46.9 Å². The van der Waals surface area contributed by atoms with Crippen LogP contribution in [0.5, 0.6) is 0 Å². The van der Waals surface area contributed by atoms with Crippen LogP contribution in [0.15, 0.2) is 15.0 Å². The Morgan fingerprint density at radius 3 is 1.02 bits per heavy atom. The third-order valence-electron chi connectivity index (χ3n) is 9.43. The van der Waals surface area contributed by atoms with Gasteiger partial charge in [0, 0.05) is 19.6 Å². The van der Waals surface area contributed by atoms with E-state index in [0.717, 1.165) is 0 Å². The van der Waals surface area contributed by atoms with Gasteiger partial charge in [-0.3, -0.25) is 43.7 Å². The number of aliphatic imine (C=N–C) groups is 3. The highest BCUT2D eigenvalue weighted by Gasteiger charge is 2.36. The van der Waals surface area contributed by atoms with Crippen LogP contribution in [0.4, 0.5) is 0 Å². The molecule has 0 heterocycles. The van der Waals surface area contributed by atoms with Gasteiger partial charge < -0.3 is 77.1 Å². The van der Waals surface area contributed by atoms with Crippen LogP contribution in [0.3, 0.4) is 0 Å². The summed E-state index contributed by atoms with van der Waals surface area (Å²) >= 11 is 0. The molecule has 0 unspecified atom stereocenters. The molecule has 0 aromatic carbocycles. The van der Waals surface area contributed by atoms with Crippen molar-refractivity contribution in [3.05, 3.63) is 0 Å². The van der Waals surface area contributed by atoms with Gasteiger partial charge in [-0.2, -0.15) is 0 Å². The van der Waals surface area contributed by atoms with Crippen molar-refractivity contribution in [2.24, 2.45) is 78.8 Å². The molecule has 0 saturated heterocycles. The molecular formula is C38H74N16O8. The van der Waals surface area contributed by atoms with Crippen molar-refractivity contribution in [3.63, 3.8) is 0 Å². The van der Waals surface area contributed by atoms with E-state index in [1.165, 1.54) is 0 Å². The molecular weight excluding hydrogens is 809 g/mol. The van der Waals surface area contributed by atoms with E-state index in [1.807, 2.05) is 0 Å². The molecule has 7 atom stereocenters. The van der Waals surface area contributed by atoms with Crippen LogP contribution in [0, 0.1) is 23.7 Å². The maximum absolute atomic E-state index is 14.0. The Morgan fingerprint density at radius 1 is 0.419 bits per heavy atom. The molecule has 0 rings (SSSR count). The Labute approximate surface area is 364 Å². The summed E-state index contributed by atoms with van der Waals surface area (Å²) < 4.78 is 0. The second kappa shape index (κ2) is 28.6. The first-order valence-corrected chi connectivity index (χ1v) is 20.8. The highest BCUT2D eigenvalue weighted by atomic mass is 16.4. The van der Waals surface area contributed by atoms with Gasteiger partial charge in [-0.15, -0.1) is 0 Å². The standard InChI is InChI=1S/C38H74N16O8/c1-18(2)25(53-33(59)27(20(5)6)51-29(55)22(39)12-9-15-46-36(40)41)31(57)49-23(13-10-16-47-37(42)43)30(56)52-28(21(7)8)34(60)54-26(19(3)4)32(58)50-24(35(61)62)14-11-17-48-38(44)45/h18-28H,9-17,39H2,1-8H3,(H,49,57)(H,50,58)(H,51,55)(H,52,56)(H,53,59)(H,54,60)(H,61,62)(H4,40,41,46)(H4,42,43,47)(H4,44,45,48)/t22-,23-,24-,25-,26-,27-,28-/m0/s1. The summed E-state index contributed by atoms with van der Waals surface area (Å²) in [5.74, 6) is -7.93. The summed E-state index contributed by atoms with van der Waals surface area (Å²) in [7, 11) is 0. The van der Waals surface area contributed by atoms with Crippen molar-refractivity contribution < 1.29 is 38.7 Å². The van der Waals surface area contributed by atoms with Crippen LogP contribution in [-0.4, -0.2) is 126 Å². The van der Waals surface area contributed by atoms with E-state index in [-0.39, 0.29) is 69.6 Å².